The third-order valence-corrected chi connectivity index (χ3v) is 8.04. The number of rotatable bonds is 14. The Labute approximate surface area is 272 Å². The maximum absolute atomic E-state index is 13.1. The molecule has 0 aromatic heterocycles. The lowest BCUT2D eigenvalue weighted by atomic mass is 9.93. The lowest BCUT2D eigenvalue weighted by Gasteiger charge is -2.38. The van der Waals surface area contributed by atoms with Gasteiger partial charge in [0.25, 0.3) is 0 Å². The van der Waals surface area contributed by atoms with Gasteiger partial charge in [-0.25, -0.2) is 9.59 Å². The molecule has 4 aromatic rings. The van der Waals surface area contributed by atoms with Crippen LogP contribution in [0.1, 0.15) is 35.6 Å². The minimum absolute atomic E-state index is 0.0685. The molecule has 4 aromatic carbocycles. The molecule has 0 aliphatic carbocycles. The van der Waals surface area contributed by atoms with Crippen LogP contribution < -0.4 is 10.6 Å². The Hall–Kier alpha value is -4.63. The van der Waals surface area contributed by atoms with Crippen molar-refractivity contribution in [1.29, 1.82) is 0 Å². The van der Waals surface area contributed by atoms with E-state index in [0.717, 1.165) is 22.3 Å². The number of alkyl carbamates (subject to hydrolysis) is 2. The summed E-state index contributed by atoms with van der Waals surface area (Å²) in [6, 6.07) is 36.5. The second-order valence-electron chi connectivity index (χ2n) is 10.6. The molecule has 0 aliphatic heterocycles. The zero-order valence-corrected chi connectivity index (χ0v) is 26.7. The summed E-state index contributed by atoms with van der Waals surface area (Å²) in [5, 5.41) is 5.88. The van der Waals surface area contributed by atoms with Gasteiger partial charge in [-0.2, -0.15) is 0 Å². The Morgan fingerprint density at radius 2 is 1.02 bits per heavy atom. The molecule has 0 saturated heterocycles. The summed E-state index contributed by atoms with van der Waals surface area (Å²) in [6.07, 6.45) is -0.487. The number of carbonyl (C=O) groups is 3. The minimum atomic E-state index is -1.44. The number of benzene rings is 4. The van der Waals surface area contributed by atoms with Crippen LogP contribution in [-0.4, -0.2) is 34.7 Å². The van der Waals surface area contributed by atoms with Crippen molar-refractivity contribution in [3.63, 3.8) is 0 Å². The number of esters is 1. The number of hydrogen-bond donors (Lipinski definition) is 2. The van der Waals surface area contributed by atoms with Crippen molar-refractivity contribution in [3.05, 3.63) is 144 Å². The number of amides is 2. The van der Waals surface area contributed by atoms with Crippen LogP contribution in [0.5, 0.6) is 0 Å². The number of nitrogens with one attached hydrogen (secondary N) is 2. The third-order valence-electron chi connectivity index (χ3n) is 7.01. The molecule has 0 aliphatic rings. The standard InChI is InChI=1S/C36H37BrN2O6/c1-27(40)45-36(37,33(23-29-16-8-3-9-17-29)39-35(42)44-26-31-20-12-5-13-21-31)24-32(22-28-14-6-2-7-15-28)38-34(41)43-25-30-18-10-4-11-19-30/h2-21,32-33H,22-26H2,1H3,(H,38,41)(H,39,42). The van der Waals surface area contributed by atoms with Crippen molar-refractivity contribution in [2.24, 2.45) is 0 Å². The summed E-state index contributed by atoms with van der Waals surface area (Å²) >= 11 is 3.71. The van der Waals surface area contributed by atoms with E-state index in [1.807, 2.05) is 121 Å². The molecule has 2 amide bonds. The smallest absolute Gasteiger partial charge is 0.407 e. The van der Waals surface area contributed by atoms with Crippen molar-refractivity contribution in [2.75, 3.05) is 0 Å². The summed E-state index contributed by atoms with van der Waals surface area (Å²) in [6.45, 7) is 1.47. The molecule has 0 radical (unpaired) electrons. The largest absolute Gasteiger partial charge is 0.445 e. The predicted octanol–water partition coefficient (Wildman–Crippen LogP) is 7.11. The fraction of sp³-hybridized carbons (Fsp3) is 0.250. The number of halogens is 1. The highest BCUT2D eigenvalue weighted by Gasteiger charge is 2.43. The second kappa shape index (κ2) is 17.0. The van der Waals surface area contributed by atoms with E-state index in [-0.39, 0.29) is 19.6 Å². The fourth-order valence-corrected chi connectivity index (χ4v) is 5.80. The van der Waals surface area contributed by atoms with E-state index in [0.29, 0.717) is 12.8 Å². The highest BCUT2D eigenvalue weighted by atomic mass is 79.9. The van der Waals surface area contributed by atoms with E-state index < -0.39 is 34.7 Å². The van der Waals surface area contributed by atoms with Gasteiger partial charge in [-0.15, -0.1) is 0 Å². The van der Waals surface area contributed by atoms with Crippen LogP contribution in [0.4, 0.5) is 9.59 Å². The molecule has 0 saturated carbocycles. The van der Waals surface area contributed by atoms with Gasteiger partial charge >= 0.3 is 18.2 Å². The number of carbonyl (C=O) groups excluding carboxylic acids is 3. The SMILES string of the molecule is CC(=O)OC(Br)(CC(Cc1ccccc1)NC(=O)OCc1ccccc1)C(Cc1ccccc1)NC(=O)OCc1ccccc1. The Kier molecular flexibility index (Phi) is 12.6. The van der Waals surface area contributed by atoms with Gasteiger partial charge in [0, 0.05) is 19.4 Å². The summed E-state index contributed by atoms with van der Waals surface area (Å²) < 4.78 is 15.6. The Balaban J connectivity index is 1.57. The van der Waals surface area contributed by atoms with E-state index in [4.69, 9.17) is 14.2 Å². The van der Waals surface area contributed by atoms with Gasteiger partial charge in [0.05, 0.1) is 6.04 Å². The summed E-state index contributed by atoms with van der Waals surface area (Å²) in [7, 11) is 0. The molecule has 3 unspecified atom stereocenters. The van der Waals surface area contributed by atoms with Gasteiger partial charge in [-0.1, -0.05) is 121 Å². The molecular formula is C36H37BrN2O6. The van der Waals surface area contributed by atoms with Gasteiger partial charge in [0.15, 0.2) is 4.51 Å². The first kappa shape index (κ1) is 33.3. The Morgan fingerprint density at radius 3 is 1.47 bits per heavy atom. The molecule has 8 nitrogen and oxygen atoms in total. The molecule has 9 heteroatoms. The predicted molar refractivity (Wildman–Crippen MR) is 175 cm³/mol. The molecule has 234 valence electrons. The van der Waals surface area contributed by atoms with E-state index in [1.54, 1.807) is 0 Å². The van der Waals surface area contributed by atoms with E-state index >= 15 is 0 Å². The van der Waals surface area contributed by atoms with Crippen LogP contribution in [0.3, 0.4) is 0 Å². The summed E-state index contributed by atoms with van der Waals surface area (Å²) in [4.78, 5) is 38.7. The molecular weight excluding hydrogens is 636 g/mol. The normalized spacial score (nSPS) is 13.4. The average molecular weight is 674 g/mol. The quantitative estimate of drug-likeness (QED) is 0.0841. The Bertz CT molecular complexity index is 1490. The lowest BCUT2D eigenvalue weighted by molar-refractivity contribution is -0.151. The van der Waals surface area contributed by atoms with Gasteiger partial charge < -0.3 is 24.8 Å². The van der Waals surface area contributed by atoms with Crippen LogP contribution in [0.25, 0.3) is 0 Å². The van der Waals surface area contributed by atoms with Crippen molar-refractivity contribution < 1.29 is 28.6 Å². The zero-order valence-electron chi connectivity index (χ0n) is 25.1. The molecule has 0 fully saturated rings. The molecule has 4 rings (SSSR count). The van der Waals surface area contributed by atoms with Crippen molar-refractivity contribution >= 4 is 34.1 Å². The fourth-order valence-electron chi connectivity index (χ4n) is 4.90. The number of hydrogen-bond acceptors (Lipinski definition) is 6. The van der Waals surface area contributed by atoms with Gasteiger partial charge in [-0.05, 0) is 51.0 Å². The maximum Gasteiger partial charge on any atom is 0.407 e. The average Bonchev–Trinajstić information content (AvgIpc) is 3.04. The third kappa shape index (κ3) is 11.4. The molecule has 45 heavy (non-hydrogen) atoms. The molecule has 0 bridgehead atoms. The van der Waals surface area contributed by atoms with Crippen molar-refractivity contribution in [1.82, 2.24) is 10.6 Å². The second-order valence-corrected chi connectivity index (χ2v) is 12.0. The van der Waals surface area contributed by atoms with Crippen molar-refractivity contribution in [3.8, 4) is 0 Å². The lowest BCUT2D eigenvalue weighted by Crippen LogP contribution is -2.55. The van der Waals surface area contributed by atoms with Crippen LogP contribution in [0.15, 0.2) is 121 Å². The topological polar surface area (TPSA) is 103 Å². The van der Waals surface area contributed by atoms with Crippen LogP contribution in [0, 0.1) is 0 Å². The van der Waals surface area contributed by atoms with Crippen LogP contribution >= 0.6 is 15.9 Å². The maximum atomic E-state index is 13.1. The minimum Gasteiger partial charge on any atom is -0.445 e. The Morgan fingerprint density at radius 1 is 0.622 bits per heavy atom. The monoisotopic (exact) mass is 672 g/mol. The van der Waals surface area contributed by atoms with Gasteiger partial charge in [-0.3, -0.25) is 4.79 Å². The summed E-state index contributed by atoms with van der Waals surface area (Å²) in [5.74, 6) is -0.561. The van der Waals surface area contributed by atoms with Gasteiger partial charge in [0.1, 0.15) is 13.2 Å². The van der Waals surface area contributed by atoms with E-state index in [2.05, 4.69) is 26.6 Å². The first-order chi connectivity index (χ1) is 21.8. The zero-order chi connectivity index (χ0) is 31.9. The van der Waals surface area contributed by atoms with E-state index in [9.17, 15) is 14.4 Å². The first-order valence-electron chi connectivity index (χ1n) is 14.7. The molecule has 0 spiro atoms. The van der Waals surface area contributed by atoms with E-state index in [1.165, 1.54) is 6.92 Å². The van der Waals surface area contributed by atoms with Crippen LogP contribution in [-0.2, 0) is 45.1 Å². The highest BCUT2D eigenvalue weighted by Crippen LogP contribution is 2.34. The molecule has 3 atom stereocenters. The first-order valence-corrected chi connectivity index (χ1v) is 15.5. The number of ether oxygens (including phenoxy) is 3. The van der Waals surface area contributed by atoms with Crippen LogP contribution in [0.2, 0.25) is 0 Å². The number of alkyl halides is 1. The molecule has 2 N–H and O–H groups in total. The van der Waals surface area contributed by atoms with Gasteiger partial charge in [0.2, 0.25) is 0 Å². The molecule has 0 heterocycles. The highest BCUT2D eigenvalue weighted by molar-refractivity contribution is 9.10. The van der Waals surface area contributed by atoms with Crippen molar-refractivity contribution in [2.45, 2.75) is 56.0 Å². The summed E-state index contributed by atoms with van der Waals surface area (Å²) in [5.41, 5.74) is 3.54.